The van der Waals surface area contributed by atoms with E-state index in [2.05, 4.69) is 15.2 Å². The molecule has 0 aliphatic rings. The number of imidazole rings is 1. The molecule has 0 amide bonds. The van der Waals surface area contributed by atoms with Gasteiger partial charge in [-0.15, -0.1) is 5.10 Å². The van der Waals surface area contributed by atoms with Crippen molar-refractivity contribution in [3.63, 3.8) is 0 Å². The molecule has 0 saturated heterocycles. The molecule has 10 heavy (non-hydrogen) atoms. The standard InChI is InChI=1S/C5H5N5/c6-4-1-8-9-5-2-7-3-10(4)5/h1-3H,6H2. The lowest BCUT2D eigenvalue weighted by Crippen LogP contribution is -1.97. The maximum Gasteiger partial charge on any atom is 0.180 e. The Balaban J connectivity index is 2.95. The molecular weight excluding hydrogens is 130 g/mol. The average molecular weight is 135 g/mol. The Hall–Kier alpha value is -1.65. The van der Waals surface area contributed by atoms with Gasteiger partial charge in [0.25, 0.3) is 0 Å². The van der Waals surface area contributed by atoms with Crippen molar-refractivity contribution in [1.82, 2.24) is 19.6 Å². The van der Waals surface area contributed by atoms with Crippen molar-refractivity contribution in [2.45, 2.75) is 0 Å². The Morgan fingerprint density at radius 1 is 1.40 bits per heavy atom. The third-order valence-corrected chi connectivity index (χ3v) is 1.25. The lowest BCUT2D eigenvalue weighted by molar-refractivity contribution is 0.990. The Morgan fingerprint density at radius 2 is 2.30 bits per heavy atom. The van der Waals surface area contributed by atoms with Gasteiger partial charge in [-0.2, -0.15) is 5.10 Å². The highest BCUT2D eigenvalue weighted by atomic mass is 15.2. The molecule has 0 aliphatic carbocycles. The van der Waals surface area contributed by atoms with Crippen molar-refractivity contribution in [3.8, 4) is 0 Å². The zero-order chi connectivity index (χ0) is 6.97. The number of fused-ring (bicyclic) bond motifs is 1. The molecule has 5 nitrogen and oxygen atoms in total. The molecule has 0 bridgehead atoms. The zero-order valence-corrected chi connectivity index (χ0v) is 5.10. The fraction of sp³-hybridized carbons (Fsp3) is 0. The first-order valence-electron chi connectivity index (χ1n) is 2.77. The van der Waals surface area contributed by atoms with Crippen LogP contribution in [0.25, 0.3) is 5.65 Å². The predicted octanol–water partition coefficient (Wildman–Crippen LogP) is -0.294. The smallest absolute Gasteiger partial charge is 0.180 e. The molecule has 2 aromatic rings. The van der Waals surface area contributed by atoms with E-state index >= 15 is 0 Å². The van der Waals surface area contributed by atoms with Crippen LogP contribution in [0.1, 0.15) is 0 Å². The second-order valence-electron chi connectivity index (χ2n) is 1.89. The van der Waals surface area contributed by atoms with E-state index in [1.165, 1.54) is 6.20 Å². The van der Waals surface area contributed by atoms with E-state index in [-0.39, 0.29) is 0 Å². The van der Waals surface area contributed by atoms with Crippen molar-refractivity contribution < 1.29 is 0 Å². The van der Waals surface area contributed by atoms with Gasteiger partial charge in [0, 0.05) is 0 Å². The summed E-state index contributed by atoms with van der Waals surface area (Å²) < 4.78 is 1.66. The van der Waals surface area contributed by atoms with Crippen LogP contribution in [0.15, 0.2) is 18.7 Å². The van der Waals surface area contributed by atoms with E-state index in [1.807, 2.05) is 0 Å². The zero-order valence-electron chi connectivity index (χ0n) is 5.10. The van der Waals surface area contributed by atoms with Crippen LogP contribution in [-0.4, -0.2) is 19.6 Å². The van der Waals surface area contributed by atoms with Crippen molar-refractivity contribution in [2.24, 2.45) is 0 Å². The number of anilines is 1. The van der Waals surface area contributed by atoms with Crippen LogP contribution in [0.3, 0.4) is 0 Å². The number of hydrogen-bond donors (Lipinski definition) is 1. The van der Waals surface area contributed by atoms with Crippen LogP contribution >= 0.6 is 0 Å². The molecule has 5 heteroatoms. The number of nitrogens with two attached hydrogens (primary N) is 1. The predicted molar refractivity (Wildman–Crippen MR) is 35.2 cm³/mol. The lowest BCUT2D eigenvalue weighted by Gasteiger charge is -1.93. The minimum Gasteiger partial charge on any atom is -0.383 e. The first-order chi connectivity index (χ1) is 4.88. The molecule has 0 fully saturated rings. The maximum absolute atomic E-state index is 5.52. The summed E-state index contributed by atoms with van der Waals surface area (Å²) in [6.07, 6.45) is 4.68. The molecule has 0 unspecified atom stereocenters. The van der Waals surface area contributed by atoms with Gasteiger partial charge >= 0.3 is 0 Å². The quantitative estimate of drug-likeness (QED) is 0.538. The summed E-state index contributed by atoms with van der Waals surface area (Å²) in [6.45, 7) is 0. The third-order valence-electron chi connectivity index (χ3n) is 1.25. The van der Waals surface area contributed by atoms with Crippen LogP contribution in [0.5, 0.6) is 0 Å². The maximum atomic E-state index is 5.52. The van der Waals surface area contributed by atoms with Gasteiger partial charge in [-0.1, -0.05) is 0 Å². The lowest BCUT2D eigenvalue weighted by atomic mass is 10.7. The average Bonchev–Trinajstić information content (AvgIpc) is 2.36. The second-order valence-corrected chi connectivity index (χ2v) is 1.89. The summed E-state index contributed by atoms with van der Waals surface area (Å²) in [5, 5.41) is 7.42. The van der Waals surface area contributed by atoms with Gasteiger partial charge in [0.05, 0.1) is 12.4 Å². The van der Waals surface area contributed by atoms with Gasteiger partial charge in [-0.25, -0.2) is 4.98 Å². The highest BCUT2D eigenvalue weighted by molar-refractivity contribution is 5.41. The Bertz CT molecular complexity index is 352. The number of hydrogen-bond acceptors (Lipinski definition) is 4. The van der Waals surface area contributed by atoms with E-state index in [0.29, 0.717) is 11.5 Å². The number of rotatable bonds is 0. The minimum atomic E-state index is 0.544. The van der Waals surface area contributed by atoms with Gasteiger partial charge in [-0.3, -0.25) is 4.40 Å². The third kappa shape index (κ3) is 0.540. The first-order valence-corrected chi connectivity index (χ1v) is 2.77. The van der Waals surface area contributed by atoms with E-state index in [0.717, 1.165) is 0 Å². The summed E-state index contributed by atoms with van der Waals surface area (Å²) in [5.41, 5.74) is 6.19. The summed E-state index contributed by atoms with van der Waals surface area (Å²) >= 11 is 0. The highest BCUT2D eigenvalue weighted by Crippen LogP contribution is 2.01. The van der Waals surface area contributed by atoms with Crippen LogP contribution < -0.4 is 5.73 Å². The molecule has 0 aliphatic heterocycles. The molecule has 2 N–H and O–H groups in total. The normalized spacial score (nSPS) is 10.4. The van der Waals surface area contributed by atoms with Crippen LogP contribution in [-0.2, 0) is 0 Å². The summed E-state index contributed by atoms with van der Waals surface area (Å²) in [5.74, 6) is 0.544. The summed E-state index contributed by atoms with van der Waals surface area (Å²) in [4.78, 5) is 3.84. The molecule has 0 saturated carbocycles. The largest absolute Gasteiger partial charge is 0.383 e. The number of nitrogen functional groups attached to an aromatic ring is 1. The van der Waals surface area contributed by atoms with E-state index in [9.17, 15) is 0 Å². The van der Waals surface area contributed by atoms with Gasteiger partial charge in [0.15, 0.2) is 5.65 Å². The summed E-state index contributed by atoms with van der Waals surface area (Å²) in [7, 11) is 0. The van der Waals surface area contributed by atoms with Crippen molar-refractivity contribution in [3.05, 3.63) is 18.7 Å². The molecule has 0 spiro atoms. The summed E-state index contributed by atoms with van der Waals surface area (Å²) in [6, 6.07) is 0. The van der Waals surface area contributed by atoms with Crippen LogP contribution in [0.2, 0.25) is 0 Å². The number of nitrogens with zero attached hydrogens (tertiary/aromatic N) is 4. The van der Waals surface area contributed by atoms with Crippen LogP contribution in [0, 0.1) is 0 Å². The Labute approximate surface area is 56.5 Å². The van der Waals surface area contributed by atoms with Crippen molar-refractivity contribution >= 4 is 11.5 Å². The number of aromatic nitrogens is 4. The Kier molecular flexibility index (Phi) is 0.858. The molecule has 0 aromatic carbocycles. The second kappa shape index (κ2) is 1.66. The minimum absolute atomic E-state index is 0.544. The van der Waals surface area contributed by atoms with E-state index < -0.39 is 0 Å². The van der Waals surface area contributed by atoms with E-state index in [1.54, 1.807) is 16.9 Å². The molecule has 0 radical (unpaired) electrons. The van der Waals surface area contributed by atoms with Gasteiger partial charge in [-0.05, 0) is 0 Å². The van der Waals surface area contributed by atoms with Gasteiger partial charge in [0.2, 0.25) is 0 Å². The Morgan fingerprint density at radius 3 is 3.10 bits per heavy atom. The highest BCUT2D eigenvalue weighted by Gasteiger charge is 1.95. The van der Waals surface area contributed by atoms with E-state index in [4.69, 9.17) is 5.73 Å². The van der Waals surface area contributed by atoms with Gasteiger partial charge < -0.3 is 5.73 Å². The molecule has 50 valence electrons. The topological polar surface area (TPSA) is 69.1 Å². The molecule has 2 heterocycles. The first kappa shape index (κ1) is 5.16. The monoisotopic (exact) mass is 135 g/mol. The molecule has 2 aromatic heterocycles. The SMILES string of the molecule is Nc1cnnc2cncn12. The fourth-order valence-electron chi connectivity index (χ4n) is 0.770. The fourth-order valence-corrected chi connectivity index (χ4v) is 0.770. The molecule has 2 rings (SSSR count). The van der Waals surface area contributed by atoms with Gasteiger partial charge in [0.1, 0.15) is 12.1 Å². The molecule has 0 atom stereocenters. The van der Waals surface area contributed by atoms with Crippen molar-refractivity contribution in [1.29, 1.82) is 0 Å². The van der Waals surface area contributed by atoms with Crippen molar-refractivity contribution in [2.75, 3.05) is 5.73 Å². The van der Waals surface area contributed by atoms with Crippen LogP contribution in [0.4, 0.5) is 5.82 Å². The molecular formula is C5H5N5.